The lowest BCUT2D eigenvalue weighted by Crippen LogP contribution is -2.30. The number of furan rings is 1. The Bertz CT molecular complexity index is 1080. The van der Waals surface area contributed by atoms with E-state index < -0.39 is 0 Å². The smallest absolute Gasteiger partial charge is 0.281 e. The second kappa shape index (κ2) is 7.19. The highest BCUT2D eigenvalue weighted by Gasteiger charge is 2.32. The Kier molecular flexibility index (Phi) is 4.74. The summed E-state index contributed by atoms with van der Waals surface area (Å²) in [4.78, 5) is 14.2. The molecule has 2 heterocycles. The van der Waals surface area contributed by atoms with Gasteiger partial charge in [0.1, 0.15) is 17.2 Å². The first-order chi connectivity index (χ1) is 13.0. The third-order valence-corrected chi connectivity index (χ3v) is 4.85. The van der Waals surface area contributed by atoms with Crippen LogP contribution in [0.5, 0.6) is 0 Å². The van der Waals surface area contributed by atoms with E-state index >= 15 is 0 Å². The largest absolute Gasteiger partial charge is 0.457 e. The van der Waals surface area contributed by atoms with Gasteiger partial charge < -0.3 is 9.73 Å². The number of nitrogens with zero attached hydrogens (tertiary/aromatic N) is 1. The predicted octanol–water partition coefficient (Wildman–Crippen LogP) is 5.52. The molecule has 1 N–H and O–H groups in total. The van der Waals surface area contributed by atoms with Gasteiger partial charge >= 0.3 is 0 Å². The van der Waals surface area contributed by atoms with Crippen LogP contribution in [-0.4, -0.2) is 11.0 Å². The Morgan fingerprint density at radius 3 is 2.59 bits per heavy atom. The molecule has 1 fully saturated rings. The van der Waals surface area contributed by atoms with Crippen LogP contribution in [0.15, 0.2) is 70.8 Å². The van der Waals surface area contributed by atoms with Crippen LogP contribution in [0.4, 0.5) is 5.69 Å². The summed E-state index contributed by atoms with van der Waals surface area (Å²) in [7, 11) is 0. The van der Waals surface area contributed by atoms with Crippen molar-refractivity contribution in [2.24, 2.45) is 0 Å². The minimum atomic E-state index is -0.245. The maximum atomic E-state index is 12.7. The predicted molar refractivity (Wildman–Crippen MR) is 112 cm³/mol. The number of anilines is 1. The van der Waals surface area contributed by atoms with Crippen LogP contribution in [0.25, 0.3) is 17.4 Å². The number of hydrogen-bond acceptors (Lipinski definition) is 3. The zero-order chi connectivity index (χ0) is 19.0. The molecule has 1 aliphatic heterocycles. The van der Waals surface area contributed by atoms with Crippen LogP contribution in [-0.2, 0) is 4.79 Å². The maximum Gasteiger partial charge on any atom is 0.281 e. The van der Waals surface area contributed by atoms with E-state index in [-0.39, 0.29) is 5.91 Å². The van der Waals surface area contributed by atoms with Gasteiger partial charge in [0.05, 0.1) is 10.7 Å². The molecule has 1 amide bonds. The molecule has 0 atom stereocenters. The van der Waals surface area contributed by atoms with Gasteiger partial charge in [-0.05, 0) is 54.7 Å². The van der Waals surface area contributed by atoms with Gasteiger partial charge in [0.2, 0.25) is 0 Å². The van der Waals surface area contributed by atoms with Gasteiger partial charge in [-0.3, -0.25) is 9.69 Å². The summed E-state index contributed by atoms with van der Waals surface area (Å²) in [5, 5.41) is 4.34. The molecule has 0 radical (unpaired) electrons. The quantitative estimate of drug-likeness (QED) is 0.452. The lowest BCUT2D eigenvalue weighted by molar-refractivity contribution is -0.113. The first-order valence-corrected chi connectivity index (χ1v) is 9.17. The number of hydrogen-bond donors (Lipinski definition) is 1. The molecule has 27 heavy (non-hydrogen) atoms. The molecule has 0 saturated carbocycles. The number of benzene rings is 2. The monoisotopic (exact) mass is 414 g/mol. The van der Waals surface area contributed by atoms with Crippen LogP contribution < -0.4 is 10.2 Å². The summed E-state index contributed by atoms with van der Waals surface area (Å²) < 4.78 is 5.82. The molecule has 2 aromatic carbocycles. The van der Waals surface area contributed by atoms with Crippen molar-refractivity contribution in [2.75, 3.05) is 4.90 Å². The van der Waals surface area contributed by atoms with Gasteiger partial charge in [0.15, 0.2) is 5.11 Å². The first kappa shape index (κ1) is 17.8. The minimum Gasteiger partial charge on any atom is -0.457 e. The number of nitrogens with one attached hydrogen (secondary N) is 1. The Morgan fingerprint density at radius 2 is 1.81 bits per heavy atom. The van der Waals surface area contributed by atoms with E-state index in [4.69, 9.17) is 39.8 Å². The number of rotatable bonds is 3. The highest BCUT2D eigenvalue weighted by atomic mass is 35.5. The summed E-state index contributed by atoms with van der Waals surface area (Å²) in [5.41, 5.74) is 1.72. The van der Waals surface area contributed by atoms with Crippen molar-refractivity contribution in [3.05, 3.63) is 82.2 Å². The summed E-state index contributed by atoms with van der Waals surface area (Å²) in [6.07, 6.45) is 1.61. The molecule has 4 rings (SSSR count). The lowest BCUT2D eigenvalue weighted by atomic mass is 10.2. The number of carbonyl (C=O) groups is 1. The third kappa shape index (κ3) is 3.49. The molecule has 0 unspecified atom stereocenters. The second-order valence-electron chi connectivity index (χ2n) is 5.79. The highest BCUT2D eigenvalue weighted by Crippen LogP contribution is 2.32. The fraction of sp³-hybridized carbons (Fsp3) is 0. The number of para-hydroxylation sites is 1. The van der Waals surface area contributed by atoms with Gasteiger partial charge in [0, 0.05) is 16.7 Å². The Labute approximate surface area is 171 Å². The topological polar surface area (TPSA) is 45.5 Å². The lowest BCUT2D eigenvalue weighted by Gasteiger charge is -2.13. The third-order valence-electron chi connectivity index (χ3n) is 4.00. The van der Waals surface area contributed by atoms with Crippen LogP contribution in [0.2, 0.25) is 10.0 Å². The molecule has 7 heteroatoms. The summed E-state index contributed by atoms with van der Waals surface area (Å²) in [5.74, 6) is 0.807. The number of amides is 1. The first-order valence-electron chi connectivity index (χ1n) is 8.00. The van der Waals surface area contributed by atoms with Gasteiger partial charge in [0.25, 0.3) is 5.91 Å². The molecule has 1 saturated heterocycles. The molecule has 0 bridgehead atoms. The fourth-order valence-corrected chi connectivity index (χ4v) is 3.43. The van der Waals surface area contributed by atoms with E-state index in [9.17, 15) is 4.79 Å². The van der Waals surface area contributed by atoms with E-state index in [1.54, 1.807) is 36.4 Å². The van der Waals surface area contributed by atoms with E-state index in [2.05, 4.69) is 5.32 Å². The zero-order valence-corrected chi connectivity index (χ0v) is 16.1. The number of halogens is 2. The highest BCUT2D eigenvalue weighted by molar-refractivity contribution is 7.80. The van der Waals surface area contributed by atoms with E-state index in [1.807, 2.05) is 30.3 Å². The average molecular weight is 415 g/mol. The summed E-state index contributed by atoms with van der Waals surface area (Å²) in [6, 6.07) is 17.9. The average Bonchev–Trinajstić information content (AvgIpc) is 3.23. The maximum absolute atomic E-state index is 12.7. The molecule has 1 aromatic heterocycles. The molecule has 1 aliphatic rings. The van der Waals surface area contributed by atoms with Crippen molar-refractivity contribution in [2.45, 2.75) is 0 Å². The summed E-state index contributed by atoms with van der Waals surface area (Å²) >= 11 is 17.5. The van der Waals surface area contributed by atoms with Crippen molar-refractivity contribution in [3.8, 4) is 11.3 Å². The fourth-order valence-electron chi connectivity index (χ4n) is 2.75. The number of thiocarbonyl (C=S) groups is 1. The van der Waals surface area contributed by atoms with E-state index in [0.29, 0.717) is 43.6 Å². The molecule has 0 spiro atoms. The minimum absolute atomic E-state index is 0.245. The van der Waals surface area contributed by atoms with Crippen molar-refractivity contribution >= 4 is 58.2 Å². The second-order valence-corrected chi connectivity index (χ2v) is 7.02. The Balaban J connectivity index is 1.63. The van der Waals surface area contributed by atoms with Crippen LogP contribution >= 0.6 is 35.4 Å². The standard InChI is InChI=1S/C20H12Cl2N2O2S/c21-12-6-8-16(22)15(10-12)18-9-7-14(26-18)11-17-19(25)24(20(27)23-17)13-4-2-1-3-5-13/h1-11H,(H,23,27)/b17-11-. The molecule has 134 valence electrons. The molecular formula is C20H12Cl2N2O2S. The van der Waals surface area contributed by atoms with Gasteiger partial charge in [-0.2, -0.15) is 0 Å². The Morgan fingerprint density at radius 1 is 1.04 bits per heavy atom. The normalized spacial score (nSPS) is 15.5. The SMILES string of the molecule is O=C1/C(=C/c2ccc(-c3cc(Cl)ccc3Cl)o2)NC(=S)N1c1ccccc1. The molecule has 4 nitrogen and oxygen atoms in total. The van der Waals surface area contributed by atoms with Crippen LogP contribution in [0, 0.1) is 0 Å². The summed E-state index contributed by atoms with van der Waals surface area (Å²) in [6.45, 7) is 0. The number of carbonyl (C=O) groups excluding carboxylic acids is 1. The van der Waals surface area contributed by atoms with E-state index in [1.165, 1.54) is 4.90 Å². The van der Waals surface area contributed by atoms with Crippen molar-refractivity contribution in [3.63, 3.8) is 0 Å². The van der Waals surface area contributed by atoms with Crippen molar-refractivity contribution in [1.29, 1.82) is 0 Å². The van der Waals surface area contributed by atoms with Gasteiger partial charge in [-0.25, -0.2) is 0 Å². The molecule has 0 aliphatic carbocycles. The molecular weight excluding hydrogens is 403 g/mol. The Hall–Kier alpha value is -2.60. The van der Waals surface area contributed by atoms with Crippen LogP contribution in [0.3, 0.4) is 0 Å². The van der Waals surface area contributed by atoms with Gasteiger partial charge in [-0.1, -0.05) is 41.4 Å². The van der Waals surface area contributed by atoms with Crippen LogP contribution in [0.1, 0.15) is 5.76 Å². The van der Waals surface area contributed by atoms with Crippen molar-refractivity contribution in [1.82, 2.24) is 5.32 Å². The van der Waals surface area contributed by atoms with E-state index in [0.717, 1.165) is 0 Å². The van der Waals surface area contributed by atoms with Gasteiger partial charge in [-0.15, -0.1) is 0 Å². The molecule has 3 aromatic rings. The van der Waals surface area contributed by atoms with Crippen molar-refractivity contribution < 1.29 is 9.21 Å². The zero-order valence-electron chi connectivity index (χ0n) is 13.8.